The van der Waals surface area contributed by atoms with Gasteiger partial charge in [-0.1, -0.05) is 17.7 Å². The van der Waals surface area contributed by atoms with Gasteiger partial charge >= 0.3 is 6.18 Å². The number of anilines is 2. The van der Waals surface area contributed by atoms with E-state index in [1.807, 2.05) is 34.3 Å². The molecule has 264 valence electrons. The molecule has 2 aromatic heterocycles. The third-order valence-corrected chi connectivity index (χ3v) is 7.27. The van der Waals surface area contributed by atoms with Gasteiger partial charge < -0.3 is 51.9 Å². The third-order valence-electron chi connectivity index (χ3n) is 6.99. The number of carbonyl (C=O) groups is 3. The molecule has 20 heteroatoms. The lowest BCUT2D eigenvalue weighted by Crippen LogP contribution is -2.44. The minimum absolute atomic E-state index is 0.0653. The van der Waals surface area contributed by atoms with Gasteiger partial charge in [0.1, 0.15) is 19.1 Å². The normalized spacial score (nSPS) is 13.5. The van der Waals surface area contributed by atoms with Gasteiger partial charge in [-0.2, -0.15) is 13.2 Å². The number of nitrogens with zero attached hydrogens (tertiary/aromatic N) is 4. The highest BCUT2D eigenvalue weighted by molar-refractivity contribution is 6.31. The predicted molar refractivity (Wildman–Crippen MR) is 163 cm³/mol. The highest BCUT2D eigenvalue weighted by atomic mass is 35.5. The summed E-state index contributed by atoms with van der Waals surface area (Å²) < 4.78 is 47.1. The SMILES string of the molecule is CC[n+]1c(CNC(=O)c2nc(Cl)c(N)nc2N)n(CCOCCO)c2cccc(OCC(=O)NC3CCNCC3)c21.O=C([O-])C(F)(F)F. The number of piperidine rings is 1. The molecule has 3 aromatic rings. The number of nitrogens with one attached hydrogen (secondary N) is 3. The molecule has 0 aliphatic carbocycles. The average Bonchev–Trinajstić information content (AvgIpc) is 3.35. The van der Waals surface area contributed by atoms with Gasteiger partial charge in [0.25, 0.3) is 17.6 Å². The molecule has 0 unspecified atom stereocenters. The first-order valence-corrected chi connectivity index (χ1v) is 15.2. The number of ether oxygens (including phenoxy) is 2. The molecule has 0 bridgehead atoms. The molecule has 1 aliphatic rings. The number of aliphatic carboxylic acids is 1. The maximum atomic E-state index is 13.0. The molecule has 8 N–H and O–H groups in total. The van der Waals surface area contributed by atoms with Gasteiger partial charge in [-0.15, -0.1) is 0 Å². The summed E-state index contributed by atoms with van der Waals surface area (Å²) in [5.41, 5.74) is 13.0. The summed E-state index contributed by atoms with van der Waals surface area (Å²) in [6.07, 6.45) is -3.43. The molecule has 16 nitrogen and oxygen atoms in total. The predicted octanol–water partition coefficient (Wildman–Crippen LogP) is -0.959. The van der Waals surface area contributed by atoms with Crippen molar-refractivity contribution in [3.05, 3.63) is 34.9 Å². The van der Waals surface area contributed by atoms with Crippen molar-refractivity contribution >= 4 is 52.1 Å². The van der Waals surface area contributed by atoms with E-state index in [-0.39, 0.29) is 60.8 Å². The molecule has 0 saturated carbocycles. The second-order valence-electron chi connectivity index (χ2n) is 10.3. The number of aryl methyl sites for hydroxylation is 1. The Morgan fingerprint density at radius 1 is 1.19 bits per heavy atom. The van der Waals surface area contributed by atoms with Crippen molar-refractivity contribution in [1.29, 1.82) is 0 Å². The van der Waals surface area contributed by atoms with E-state index < -0.39 is 18.1 Å². The fourth-order valence-electron chi connectivity index (χ4n) is 4.86. The first-order chi connectivity index (χ1) is 22.8. The van der Waals surface area contributed by atoms with E-state index >= 15 is 0 Å². The number of nitrogens with two attached hydrogens (primary N) is 2. The molecule has 1 aliphatic heterocycles. The topological polar surface area (TPSA) is 236 Å². The van der Waals surface area contributed by atoms with Crippen molar-refractivity contribution < 1.29 is 51.8 Å². The van der Waals surface area contributed by atoms with Gasteiger partial charge in [0.2, 0.25) is 5.52 Å². The number of amides is 2. The van der Waals surface area contributed by atoms with Crippen LogP contribution >= 0.6 is 11.6 Å². The Hall–Kier alpha value is -4.46. The minimum atomic E-state index is -5.19. The van der Waals surface area contributed by atoms with Crippen LogP contribution in [0.15, 0.2) is 18.2 Å². The van der Waals surface area contributed by atoms with Crippen molar-refractivity contribution in [2.24, 2.45) is 0 Å². The molecular formula is C28H37ClF3N9O7. The van der Waals surface area contributed by atoms with Gasteiger partial charge in [0.15, 0.2) is 40.4 Å². The van der Waals surface area contributed by atoms with E-state index in [0.717, 1.165) is 42.8 Å². The monoisotopic (exact) mass is 703 g/mol. The summed E-state index contributed by atoms with van der Waals surface area (Å²) in [6, 6.07) is 5.73. The quantitative estimate of drug-likeness (QED) is 0.0933. The summed E-state index contributed by atoms with van der Waals surface area (Å²) in [5.74, 6) is -2.68. The van der Waals surface area contributed by atoms with Crippen LogP contribution in [0.1, 0.15) is 36.1 Å². The van der Waals surface area contributed by atoms with Crippen LogP contribution in [0, 0.1) is 0 Å². The smallest absolute Gasteiger partial charge is 0.430 e. The average molecular weight is 704 g/mol. The molecule has 4 rings (SSSR count). The van der Waals surface area contributed by atoms with Crippen LogP contribution in [0.5, 0.6) is 5.75 Å². The lowest BCUT2D eigenvalue weighted by molar-refractivity contribution is -0.676. The minimum Gasteiger partial charge on any atom is -0.542 e. The number of carboxylic acids is 1. The van der Waals surface area contributed by atoms with Gasteiger partial charge in [0, 0.05) is 6.04 Å². The molecule has 0 atom stereocenters. The number of rotatable bonds is 13. The van der Waals surface area contributed by atoms with E-state index in [1.165, 1.54) is 0 Å². The van der Waals surface area contributed by atoms with Gasteiger partial charge in [0.05, 0.1) is 26.4 Å². The zero-order valence-electron chi connectivity index (χ0n) is 25.9. The van der Waals surface area contributed by atoms with E-state index in [9.17, 15) is 22.8 Å². The Morgan fingerprint density at radius 3 is 2.50 bits per heavy atom. The number of carbonyl (C=O) groups excluding carboxylic acids is 3. The summed E-state index contributed by atoms with van der Waals surface area (Å²) in [4.78, 5) is 42.3. The summed E-state index contributed by atoms with van der Waals surface area (Å²) in [7, 11) is 0. The van der Waals surface area contributed by atoms with Gasteiger partial charge in [-0.05, 0) is 45.0 Å². The van der Waals surface area contributed by atoms with Crippen molar-refractivity contribution in [3.63, 3.8) is 0 Å². The van der Waals surface area contributed by atoms with Crippen LogP contribution in [0.4, 0.5) is 24.8 Å². The largest absolute Gasteiger partial charge is 0.542 e. The van der Waals surface area contributed by atoms with Crippen molar-refractivity contribution in [2.45, 2.75) is 51.6 Å². The Bertz CT molecular complexity index is 1580. The highest BCUT2D eigenvalue weighted by Gasteiger charge is 2.30. The molecule has 1 fully saturated rings. The molecule has 0 spiro atoms. The number of para-hydroxylation sites is 1. The second-order valence-corrected chi connectivity index (χ2v) is 10.6. The first kappa shape index (κ1) is 38.0. The number of benzene rings is 1. The number of halogens is 4. The number of aliphatic hydroxyl groups excluding tert-OH is 1. The number of alkyl halides is 3. The van der Waals surface area contributed by atoms with Crippen LogP contribution in [0.25, 0.3) is 11.0 Å². The van der Waals surface area contributed by atoms with Crippen LogP contribution in [0.3, 0.4) is 0 Å². The van der Waals surface area contributed by atoms with Crippen molar-refractivity contribution in [2.75, 3.05) is 51.0 Å². The molecule has 48 heavy (non-hydrogen) atoms. The summed E-state index contributed by atoms with van der Waals surface area (Å²) in [5, 5.41) is 27.0. The maximum absolute atomic E-state index is 13.0. The second kappa shape index (κ2) is 17.6. The van der Waals surface area contributed by atoms with E-state index in [1.54, 1.807) is 0 Å². The van der Waals surface area contributed by atoms with Crippen molar-refractivity contribution in [3.8, 4) is 5.75 Å². The first-order valence-electron chi connectivity index (χ1n) is 14.8. The number of fused-ring (bicyclic) bond motifs is 1. The Labute approximate surface area is 277 Å². The lowest BCUT2D eigenvalue weighted by atomic mass is 10.1. The van der Waals surface area contributed by atoms with Crippen LogP contribution in [-0.4, -0.2) is 89.2 Å². The third kappa shape index (κ3) is 10.3. The number of hydrogen-bond donors (Lipinski definition) is 6. The number of aromatic nitrogens is 4. The van der Waals surface area contributed by atoms with Gasteiger partial charge in [-0.25, -0.2) is 19.1 Å². The standard InChI is InChI=1S/C26H36ClN9O5.C2HF3O2/c1-2-35-20(14-31-26(39)21-24(28)34-25(29)23(27)33-21)36(10-12-40-13-11-37)17-4-3-5-18(22(17)35)41-15-19(38)32-16-6-8-30-9-7-16;3-2(4,5)1(6)7/h3-5,16,30,37H,2,6-15H2,1H3,(H5-,28,29,31,32,34,38,39);(H,6,7). The number of hydrogen-bond acceptors (Lipinski definition) is 12. The molecule has 2 amide bonds. The van der Waals surface area contributed by atoms with E-state index in [0.29, 0.717) is 25.4 Å². The highest BCUT2D eigenvalue weighted by Crippen LogP contribution is 2.26. The fraction of sp³-hybridized carbons (Fsp3) is 0.500. The maximum Gasteiger partial charge on any atom is 0.430 e. The molecule has 1 saturated heterocycles. The zero-order valence-corrected chi connectivity index (χ0v) is 26.7. The van der Waals surface area contributed by atoms with E-state index in [4.69, 9.17) is 47.5 Å². The molecule has 1 aromatic carbocycles. The van der Waals surface area contributed by atoms with Crippen LogP contribution < -0.4 is 41.8 Å². The summed E-state index contributed by atoms with van der Waals surface area (Å²) >= 11 is 5.96. The van der Waals surface area contributed by atoms with Crippen LogP contribution in [-0.2, 0) is 34.0 Å². The molecular weight excluding hydrogens is 667 g/mol. The Balaban J connectivity index is 0.000000804. The lowest BCUT2D eigenvalue weighted by Gasteiger charge is -2.23. The number of carboxylic acid groups (broad SMARTS) is 1. The Morgan fingerprint density at radius 2 is 1.88 bits per heavy atom. The Kier molecular flexibility index (Phi) is 13.9. The molecule has 0 radical (unpaired) electrons. The van der Waals surface area contributed by atoms with E-state index in [2.05, 4.69) is 25.9 Å². The summed E-state index contributed by atoms with van der Waals surface area (Å²) in [6.45, 7) is 5.12. The van der Waals surface area contributed by atoms with Crippen molar-refractivity contribution in [1.82, 2.24) is 30.5 Å². The fourth-order valence-corrected chi connectivity index (χ4v) is 4.99. The molecule has 3 heterocycles. The number of imidazole rings is 1. The number of nitrogen functional groups attached to an aromatic ring is 2. The zero-order chi connectivity index (χ0) is 35.4. The van der Waals surface area contributed by atoms with Gasteiger partial charge in [-0.3, -0.25) is 9.59 Å². The van der Waals surface area contributed by atoms with Crippen LogP contribution in [0.2, 0.25) is 5.15 Å². The number of aliphatic hydroxyl groups is 1.